The fourth-order valence-corrected chi connectivity index (χ4v) is 3.61. The summed E-state index contributed by atoms with van der Waals surface area (Å²) >= 11 is 0. The molecule has 8 nitrogen and oxygen atoms in total. The van der Waals surface area contributed by atoms with Crippen LogP contribution in [0.1, 0.15) is 28.8 Å². The summed E-state index contributed by atoms with van der Waals surface area (Å²) in [7, 11) is 3.28. The van der Waals surface area contributed by atoms with E-state index in [1.54, 1.807) is 26.4 Å². The average molecular weight is 413 g/mol. The van der Waals surface area contributed by atoms with Crippen LogP contribution in [0.2, 0.25) is 0 Å². The third-order valence-corrected chi connectivity index (χ3v) is 5.12. The summed E-state index contributed by atoms with van der Waals surface area (Å²) in [5, 5.41) is 11.2. The van der Waals surface area contributed by atoms with Crippen LogP contribution in [-0.2, 0) is 6.54 Å². The number of oxime groups is 1. The highest BCUT2D eigenvalue weighted by Crippen LogP contribution is 2.29. The topological polar surface area (TPSA) is 93.5 Å². The van der Waals surface area contributed by atoms with Gasteiger partial charge in [-0.2, -0.15) is 0 Å². The number of ketones is 1. The van der Waals surface area contributed by atoms with Crippen molar-refractivity contribution in [2.24, 2.45) is 11.1 Å². The summed E-state index contributed by atoms with van der Waals surface area (Å²) in [6.45, 7) is 3.41. The fourth-order valence-electron chi connectivity index (χ4n) is 3.61. The predicted molar refractivity (Wildman–Crippen MR) is 112 cm³/mol. The molecule has 8 heteroatoms. The number of Topliss-reactive ketones (excluding diaryl/α,β-unsaturated/α-hetero) is 1. The van der Waals surface area contributed by atoms with E-state index in [1.807, 2.05) is 12.1 Å². The molecule has 0 spiro atoms. The van der Waals surface area contributed by atoms with Crippen LogP contribution in [0.15, 0.2) is 41.7 Å². The first-order chi connectivity index (χ1) is 14.6. The van der Waals surface area contributed by atoms with E-state index in [1.165, 1.54) is 11.8 Å². The van der Waals surface area contributed by atoms with Crippen LogP contribution >= 0.6 is 0 Å². The Kier molecular flexibility index (Phi) is 7.62. The molecule has 1 aliphatic heterocycles. The number of rotatable bonds is 9. The molecule has 1 fully saturated rings. The monoisotopic (exact) mass is 413 g/mol. The third-order valence-electron chi connectivity index (χ3n) is 5.12. The van der Waals surface area contributed by atoms with Gasteiger partial charge in [0.1, 0.15) is 6.21 Å². The highest BCUT2D eigenvalue weighted by atomic mass is 16.5. The van der Waals surface area contributed by atoms with Gasteiger partial charge in [0, 0.05) is 36.8 Å². The van der Waals surface area contributed by atoms with Crippen molar-refractivity contribution in [1.29, 1.82) is 0 Å². The summed E-state index contributed by atoms with van der Waals surface area (Å²) in [4.78, 5) is 18.2. The SMILES string of the molecule is COc1ccc(CN2CCCC(COc3ccc(C(=O)/C=N/O)cn3)C2)cc1OC. The summed E-state index contributed by atoms with van der Waals surface area (Å²) in [5.74, 6) is 1.95. The van der Waals surface area contributed by atoms with Gasteiger partial charge < -0.3 is 19.4 Å². The maximum Gasteiger partial charge on any atom is 0.213 e. The molecule has 1 atom stereocenters. The van der Waals surface area contributed by atoms with Crippen LogP contribution in [0.25, 0.3) is 0 Å². The van der Waals surface area contributed by atoms with Gasteiger partial charge in [-0.15, -0.1) is 0 Å². The minimum atomic E-state index is -0.408. The Hall–Kier alpha value is -3.13. The number of hydrogen-bond donors (Lipinski definition) is 1. The molecule has 0 aliphatic carbocycles. The first kappa shape index (κ1) is 21.6. The number of benzene rings is 1. The first-order valence-electron chi connectivity index (χ1n) is 9.86. The van der Waals surface area contributed by atoms with E-state index in [9.17, 15) is 4.79 Å². The molecule has 30 heavy (non-hydrogen) atoms. The van der Waals surface area contributed by atoms with Crippen molar-refractivity contribution < 1.29 is 24.2 Å². The Labute approximate surface area is 176 Å². The highest BCUT2D eigenvalue weighted by molar-refractivity contribution is 6.35. The minimum absolute atomic E-state index is 0.346. The fraction of sp³-hybridized carbons (Fsp3) is 0.409. The van der Waals surface area contributed by atoms with Crippen molar-refractivity contribution in [1.82, 2.24) is 9.88 Å². The number of carbonyl (C=O) groups is 1. The van der Waals surface area contributed by atoms with Gasteiger partial charge >= 0.3 is 0 Å². The van der Waals surface area contributed by atoms with Gasteiger partial charge in [0.05, 0.1) is 20.8 Å². The minimum Gasteiger partial charge on any atom is -0.493 e. The van der Waals surface area contributed by atoms with Gasteiger partial charge in [-0.3, -0.25) is 9.69 Å². The molecule has 1 N–H and O–H groups in total. The Morgan fingerprint density at radius 1 is 1.27 bits per heavy atom. The second-order valence-electron chi connectivity index (χ2n) is 7.24. The lowest BCUT2D eigenvalue weighted by atomic mass is 9.98. The molecule has 0 radical (unpaired) electrons. The van der Waals surface area contributed by atoms with Gasteiger partial charge in [0.25, 0.3) is 0 Å². The molecule has 0 saturated carbocycles. The smallest absolute Gasteiger partial charge is 0.213 e. The number of piperidine rings is 1. The summed E-state index contributed by atoms with van der Waals surface area (Å²) in [6.07, 6.45) is 4.48. The molecule has 1 unspecified atom stereocenters. The molecule has 0 amide bonds. The Morgan fingerprint density at radius 3 is 2.80 bits per heavy atom. The zero-order chi connectivity index (χ0) is 21.3. The number of nitrogens with zero attached hydrogens (tertiary/aromatic N) is 3. The summed E-state index contributed by atoms with van der Waals surface area (Å²) in [6, 6.07) is 9.29. The van der Waals surface area contributed by atoms with E-state index in [-0.39, 0.29) is 0 Å². The lowest BCUT2D eigenvalue weighted by Gasteiger charge is -2.32. The summed E-state index contributed by atoms with van der Waals surface area (Å²) in [5.41, 5.74) is 1.53. The average Bonchev–Trinajstić information content (AvgIpc) is 2.78. The molecule has 1 aromatic carbocycles. The Balaban J connectivity index is 1.52. The molecule has 2 heterocycles. The van der Waals surface area contributed by atoms with E-state index in [0.29, 0.717) is 24.0 Å². The lowest BCUT2D eigenvalue weighted by molar-refractivity contribution is 0.106. The predicted octanol–water partition coefficient (Wildman–Crippen LogP) is 3.03. The van der Waals surface area contributed by atoms with Gasteiger partial charge in [-0.1, -0.05) is 11.2 Å². The van der Waals surface area contributed by atoms with Crippen molar-refractivity contribution in [3.63, 3.8) is 0 Å². The van der Waals surface area contributed by atoms with Crippen molar-refractivity contribution in [2.75, 3.05) is 33.9 Å². The lowest BCUT2D eigenvalue weighted by Crippen LogP contribution is -2.37. The van der Waals surface area contributed by atoms with Gasteiger partial charge in [0.15, 0.2) is 11.5 Å². The maximum absolute atomic E-state index is 11.6. The van der Waals surface area contributed by atoms with E-state index >= 15 is 0 Å². The molecule has 1 saturated heterocycles. The number of ether oxygens (including phenoxy) is 3. The van der Waals surface area contributed by atoms with Crippen LogP contribution in [0.5, 0.6) is 17.4 Å². The zero-order valence-electron chi connectivity index (χ0n) is 17.3. The molecular weight excluding hydrogens is 386 g/mol. The Morgan fingerprint density at radius 2 is 2.10 bits per heavy atom. The molecule has 0 bridgehead atoms. The third kappa shape index (κ3) is 5.70. The van der Waals surface area contributed by atoms with Crippen LogP contribution in [0, 0.1) is 5.92 Å². The number of aromatic nitrogens is 1. The normalized spacial score (nSPS) is 17.1. The van der Waals surface area contributed by atoms with Crippen LogP contribution in [-0.4, -0.2) is 61.0 Å². The molecular formula is C22H27N3O5. The quantitative estimate of drug-likeness (QED) is 0.292. The van der Waals surface area contributed by atoms with E-state index in [4.69, 9.17) is 19.4 Å². The van der Waals surface area contributed by atoms with E-state index < -0.39 is 5.78 Å². The summed E-state index contributed by atoms with van der Waals surface area (Å²) < 4.78 is 16.5. The molecule has 1 aliphatic rings. The van der Waals surface area contributed by atoms with Gasteiger partial charge in [0.2, 0.25) is 11.7 Å². The number of likely N-dealkylation sites (tertiary alicyclic amines) is 1. The number of carbonyl (C=O) groups excluding carboxylic acids is 1. The molecule has 160 valence electrons. The number of methoxy groups -OCH3 is 2. The number of hydrogen-bond acceptors (Lipinski definition) is 8. The second kappa shape index (κ2) is 10.6. The van der Waals surface area contributed by atoms with Crippen LogP contribution < -0.4 is 14.2 Å². The van der Waals surface area contributed by atoms with Crippen molar-refractivity contribution in [3.8, 4) is 17.4 Å². The van der Waals surface area contributed by atoms with Crippen molar-refractivity contribution >= 4 is 12.0 Å². The zero-order valence-corrected chi connectivity index (χ0v) is 17.3. The van der Waals surface area contributed by atoms with Crippen LogP contribution in [0.4, 0.5) is 0 Å². The van der Waals surface area contributed by atoms with Gasteiger partial charge in [-0.05, 0) is 43.1 Å². The highest BCUT2D eigenvalue weighted by Gasteiger charge is 2.21. The van der Waals surface area contributed by atoms with E-state index in [2.05, 4.69) is 21.1 Å². The molecule has 2 aromatic rings. The second-order valence-corrected chi connectivity index (χ2v) is 7.24. The van der Waals surface area contributed by atoms with Crippen molar-refractivity contribution in [2.45, 2.75) is 19.4 Å². The van der Waals surface area contributed by atoms with Crippen molar-refractivity contribution in [3.05, 3.63) is 47.7 Å². The molecule has 3 rings (SSSR count). The number of pyridine rings is 1. The largest absolute Gasteiger partial charge is 0.493 e. The molecule has 1 aromatic heterocycles. The van der Waals surface area contributed by atoms with Gasteiger partial charge in [-0.25, -0.2) is 4.98 Å². The standard InChI is InChI=1S/C22H27N3O5/c1-28-20-7-5-16(10-21(20)29-2)13-25-9-3-4-17(14-25)15-30-22-8-6-18(11-23-22)19(26)12-24-27/h5-8,10-12,17,27H,3-4,9,13-15H2,1-2H3/b24-12+. The first-order valence-corrected chi connectivity index (χ1v) is 9.86. The Bertz CT molecular complexity index is 870. The van der Waals surface area contributed by atoms with Crippen LogP contribution in [0.3, 0.4) is 0 Å². The van der Waals surface area contributed by atoms with E-state index in [0.717, 1.165) is 50.2 Å². The maximum atomic E-state index is 11.6.